The van der Waals surface area contributed by atoms with Crippen LogP contribution in [-0.2, 0) is 9.84 Å². The summed E-state index contributed by atoms with van der Waals surface area (Å²) in [5, 5.41) is 9.77. The number of rotatable bonds is 4. The molecule has 0 aromatic heterocycles. The fourth-order valence-electron chi connectivity index (χ4n) is 1.85. The summed E-state index contributed by atoms with van der Waals surface area (Å²) < 4.78 is 22.5. The van der Waals surface area contributed by atoms with Crippen molar-refractivity contribution in [3.8, 4) is 0 Å². The molecular weight excluding hydrogens is 216 g/mol. The van der Waals surface area contributed by atoms with Crippen LogP contribution in [0.5, 0.6) is 0 Å². The molecule has 1 aliphatic rings. The van der Waals surface area contributed by atoms with Gasteiger partial charge in [0.15, 0.2) is 9.84 Å². The first-order valence-electron chi connectivity index (χ1n) is 5.09. The summed E-state index contributed by atoms with van der Waals surface area (Å²) in [5.41, 5.74) is 4.47. The number of hydrogen-bond donors (Lipinski definition) is 2. The van der Waals surface area contributed by atoms with Gasteiger partial charge in [0.25, 0.3) is 0 Å². The van der Waals surface area contributed by atoms with Crippen molar-refractivity contribution in [3.63, 3.8) is 0 Å². The second kappa shape index (κ2) is 4.37. The van der Waals surface area contributed by atoms with E-state index in [0.29, 0.717) is 13.0 Å². The Morgan fingerprint density at radius 3 is 2.60 bits per heavy atom. The van der Waals surface area contributed by atoms with Crippen molar-refractivity contribution in [3.05, 3.63) is 0 Å². The monoisotopic (exact) mass is 236 g/mol. The lowest BCUT2D eigenvalue weighted by Gasteiger charge is -2.31. The van der Waals surface area contributed by atoms with Gasteiger partial charge in [-0.3, -0.25) is 4.90 Å². The first-order chi connectivity index (χ1) is 6.76. The average Bonchev–Trinajstić information content (AvgIpc) is 2.45. The zero-order valence-corrected chi connectivity index (χ0v) is 10.1. The van der Waals surface area contributed by atoms with Crippen molar-refractivity contribution >= 4 is 9.84 Å². The molecule has 90 valence electrons. The maximum Gasteiger partial charge on any atom is 0.151 e. The summed E-state index contributed by atoms with van der Waals surface area (Å²) >= 11 is 0. The largest absolute Gasteiger partial charge is 0.388 e. The average molecular weight is 236 g/mol. The first-order valence-corrected chi connectivity index (χ1v) is 6.91. The van der Waals surface area contributed by atoms with Crippen molar-refractivity contribution < 1.29 is 13.5 Å². The van der Waals surface area contributed by atoms with Gasteiger partial charge in [0, 0.05) is 19.1 Å². The van der Waals surface area contributed by atoms with Crippen molar-refractivity contribution in [1.29, 1.82) is 0 Å². The summed E-state index contributed by atoms with van der Waals surface area (Å²) in [6.45, 7) is 2.24. The van der Waals surface area contributed by atoms with Crippen LogP contribution in [0.1, 0.15) is 13.3 Å². The maximum atomic E-state index is 11.3. The Hall–Kier alpha value is -0.170. The Kier molecular flexibility index (Phi) is 3.76. The van der Waals surface area contributed by atoms with Crippen molar-refractivity contribution in [2.75, 3.05) is 31.6 Å². The van der Waals surface area contributed by atoms with E-state index in [2.05, 4.69) is 0 Å². The van der Waals surface area contributed by atoms with Gasteiger partial charge in [-0.15, -0.1) is 0 Å². The molecule has 0 bridgehead atoms. The third kappa shape index (κ3) is 3.71. The molecule has 0 aliphatic carbocycles. The lowest BCUT2D eigenvalue weighted by molar-refractivity contribution is 0.0257. The van der Waals surface area contributed by atoms with Crippen LogP contribution in [0.2, 0.25) is 0 Å². The molecule has 5 nitrogen and oxygen atoms in total. The normalized spacial score (nSPS) is 29.3. The van der Waals surface area contributed by atoms with Gasteiger partial charge in [0.1, 0.15) is 0 Å². The number of hydrogen-bond acceptors (Lipinski definition) is 5. The van der Waals surface area contributed by atoms with Crippen LogP contribution in [0.4, 0.5) is 0 Å². The predicted octanol–water partition coefficient (Wildman–Crippen LogP) is -1.18. The smallest absolute Gasteiger partial charge is 0.151 e. The second-order valence-electron chi connectivity index (χ2n) is 4.67. The van der Waals surface area contributed by atoms with Crippen molar-refractivity contribution in [2.24, 2.45) is 5.73 Å². The zero-order chi connectivity index (χ0) is 11.7. The lowest BCUT2D eigenvalue weighted by Crippen LogP contribution is -2.48. The first kappa shape index (κ1) is 12.9. The van der Waals surface area contributed by atoms with E-state index >= 15 is 0 Å². The SMILES string of the molecule is CN(CC(C)(O)CN)C1CCS(=O)(=O)C1. The van der Waals surface area contributed by atoms with E-state index in [1.807, 2.05) is 11.9 Å². The van der Waals surface area contributed by atoms with Gasteiger partial charge in [-0.2, -0.15) is 0 Å². The van der Waals surface area contributed by atoms with Gasteiger partial charge in [0.05, 0.1) is 17.1 Å². The molecule has 3 N–H and O–H groups in total. The number of nitrogens with zero attached hydrogens (tertiary/aromatic N) is 1. The molecule has 1 rings (SSSR count). The van der Waals surface area contributed by atoms with E-state index in [-0.39, 0.29) is 24.1 Å². The molecule has 0 radical (unpaired) electrons. The van der Waals surface area contributed by atoms with Gasteiger partial charge < -0.3 is 10.8 Å². The quantitative estimate of drug-likeness (QED) is 0.641. The third-order valence-electron chi connectivity index (χ3n) is 2.86. The fraction of sp³-hybridized carbons (Fsp3) is 1.00. The number of sulfone groups is 1. The topological polar surface area (TPSA) is 83.6 Å². The summed E-state index contributed by atoms with van der Waals surface area (Å²) in [6, 6.07) is 0.0213. The molecule has 1 fully saturated rings. The number of aliphatic hydroxyl groups is 1. The maximum absolute atomic E-state index is 11.3. The summed E-state index contributed by atoms with van der Waals surface area (Å²) in [6.07, 6.45) is 0.652. The highest BCUT2D eigenvalue weighted by Gasteiger charge is 2.33. The Morgan fingerprint density at radius 1 is 1.60 bits per heavy atom. The van der Waals surface area contributed by atoms with Crippen molar-refractivity contribution in [1.82, 2.24) is 4.90 Å². The van der Waals surface area contributed by atoms with Gasteiger partial charge in [-0.1, -0.05) is 0 Å². The van der Waals surface area contributed by atoms with Crippen LogP contribution in [-0.4, -0.2) is 61.7 Å². The second-order valence-corrected chi connectivity index (χ2v) is 6.90. The summed E-state index contributed by atoms with van der Waals surface area (Å²) in [4.78, 5) is 1.89. The van der Waals surface area contributed by atoms with E-state index in [9.17, 15) is 13.5 Å². The Morgan fingerprint density at radius 2 is 2.20 bits per heavy atom. The third-order valence-corrected chi connectivity index (χ3v) is 4.61. The Balaban J connectivity index is 2.53. The highest BCUT2D eigenvalue weighted by Crippen LogP contribution is 2.18. The van der Waals surface area contributed by atoms with Crippen LogP contribution in [0.3, 0.4) is 0 Å². The zero-order valence-electron chi connectivity index (χ0n) is 9.31. The molecule has 2 atom stereocenters. The minimum absolute atomic E-state index is 0.0213. The van der Waals surface area contributed by atoms with Gasteiger partial charge in [0.2, 0.25) is 0 Å². The van der Waals surface area contributed by atoms with Gasteiger partial charge >= 0.3 is 0 Å². The standard InChI is InChI=1S/C9H20N2O3S/c1-9(12,6-10)7-11(2)8-3-4-15(13,14)5-8/h8,12H,3-7,10H2,1-2H3. The molecule has 0 saturated carbocycles. The molecule has 2 unspecified atom stereocenters. The van der Waals surface area contributed by atoms with Gasteiger partial charge in [-0.25, -0.2) is 8.42 Å². The van der Waals surface area contributed by atoms with E-state index in [4.69, 9.17) is 5.73 Å². The summed E-state index contributed by atoms with van der Waals surface area (Å²) in [5.74, 6) is 0.455. The molecule has 0 aromatic rings. The van der Waals surface area contributed by atoms with E-state index in [1.165, 1.54) is 0 Å². The minimum atomic E-state index is -2.86. The number of likely N-dealkylation sites (N-methyl/N-ethyl adjacent to an activating group) is 1. The van der Waals surface area contributed by atoms with Crippen molar-refractivity contribution in [2.45, 2.75) is 25.0 Å². The molecule has 1 saturated heterocycles. The van der Waals surface area contributed by atoms with E-state index in [1.54, 1.807) is 6.92 Å². The molecule has 6 heteroatoms. The van der Waals surface area contributed by atoms with Crippen LogP contribution in [0, 0.1) is 0 Å². The Bertz CT molecular complexity index is 313. The summed E-state index contributed by atoms with van der Waals surface area (Å²) in [7, 11) is -1.03. The lowest BCUT2D eigenvalue weighted by atomic mass is 10.1. The van der Waals surface area contributed by atoms with Crippen LogP contribution in [0.25, 0.3) is 0 Å². The molecule has 15 heavy (non-hydrogen) atoms. The number of nitrogens with two attached hydrogens (primary N) is 1. The van der Waals surface area contributed by atoms with Crippen LogP contribution < -0.4 is 5.73 Å². The highest BCUT2D eigenvalue weighted by molar-refractivity contribution is 7.91. The highest BCUT2D eigenvalue weighted by atomic mass is 32.2. The molecule has 0 spiro atoms. The molecule has 1 heterocycles. The van der Waals surface area contributed by atoms with E-state index < -0.39 is 15.4 Å². The molecule has 1 aliphatic heterocycles. The van der Waals surface area contributed by atoms with Crippen LogP contribution >= 0.6 is 0 Å². The Labute approximate surface area is 91.2 Å². The van der Waals surface area contributed by atoms with E-state index in [0.717, 1.165) is 0 Å². The van der Waals surface area contributed by atoms with Crippen LogP contribution in [0.15, 0.2) is 0 Å². The molecule has 0 aromatic carbocycles. The van der Waals surface area contributed by atoms with Gasteiger partial charge in [-0.05, 0) is 20.4 Å². The predicted molar refractivity (Wildman–Crippen MR) is 59.4 cm³/mol. The molecular formula is C9H20N2O3S. The molecule has 0 amide bonds. The fourth-order valence-corrected chi connectivity index (χ4v) is 3.66. The minimum Gasteiger partial charge on any atom is -0.388 e.